The molecule has 3 rings (SSSR count). The van der Waals surface area contributed by atoms with Crippen molar-refractivity contribution in [3.8, 4) is 0 Å². The van der Waals surface area contributed by atoms with Crippen molar-refractivity contribution in [3.05, 3.63) is 102 Å². The fourth-order valence-corrected chi connectivity index (χ4v) is 3.57. The highest BCUT2D eigenvalue weighted by molar-refractivity contribution is 5.95. The van der Waals surface area contributed by atoms with E-state index in [1.54, 1.807) is 0 Å². The number of hydrogen-bond acceptors (Lipinski definition) is 3. The topological polar surface area (TPSA) is 44.4 Å². The maximum atomic E-state index is 12.7. The summed E-state index contributed by atoms with van der Waals surface area (Å²) >= 11 is 0. The Labute approximate surface area is 186 Å². The van der Waals surface area contributed by atoms with Crippen LogP contribution < -0.4 is 15.5 Å². The molecule has 3 aromatic carbocycles. The molecule has 162 valence electrons. The number of para-hydroxylation sites is 1. The van der Waals surface area contributed by atoms with Crippen LogP contribution >= 0.6 is 0 Å². The molecule has 4 heteroatoms. The zero-order chi connectivity index (χ0) is 21.7. The number of unbranched alkanes of at least 4 members (excludes halogenated alkanes) is 1. The van der Waals surface area contributed by atoms with E-state index in [0.29, 0.717) is 13.1 Å². The number of aryl methyl sites for hydroxylation is 1. The normalized spacial score (nSPS) is 10.6. The Morgan fingerprint density at radius 1 is 0.806 bits per heavy atom. The van der Waals surface area contributed by atoms with Gasteiger partial charge in [0.2, 0.25) is 0 Å². The molecular formula is C27H33N3O. The van der Waals surface area contributed by atoms with Crippen molar-refractivity contribution in [3.63, 3.8) is 0 Å². The van der Waals surface area contributed by atoms with Gasteiger partial charge in [0.05, 0.1) is 0 Å². The van der Waals surface area contributed by atoms with Gasteiger partial charge in [-0.1, -0.05) is 66.7 Å². The standard InChI is InChI=1S/C27H33N3O/c1-30(25-16-6-3-7-17-25)21-20-28-22-24-15-8-9-18-26(24)27(31)29-19-11-10-14-23-12-4-2-5-13-23/h2-9,12-13,15-18,28H,10-11,14,19-22H2,1H3,(H,29,31). The number of anilines is 1. The fourth-order valence-electron chi connectivity index (χ4n) is 3.57. The molecular weight excluding hydrogens is 382 g/mol. The zero-order valence-electron chi connectivity index (χ0n) is 18.4. The van der Waals surface area contributed by atoms with Gasteiger partial charge in [0.15, 0.2) is 0 Å². The lowest BCUT2D eigenvalue weighted by Gasteiger charge is -2.19. The first-order chi connectivity index (χ1) is 15.2. The summed E-state index contributed by atoms with van der Waals surface area (Å²) in [5, 5.41) is 6.55. The summed E-state index contributed by atoms with van der Waals surface area (Å²) in [5.74, 6) is 0.0125. The largest absolute Gasteiger partial charge is 0.373 e. The first kappa shape index (κ1) is 22.6. The van der Waals surface area contributed by atoms with Crippen molar-refractivity contribution >= 4 is 11.6 Å². The molecule has 0 radical (unpaired) electrons. The molecule has 0 saturated heterocycles. The van der Waals surface area contributed by atoms with Gasteiger partial charge in [0.1, 0.15) is 0 Å². The van der Waals surface area contributed by atoms with E-state index in [0.717, 1.165) is 43.5 Å². The van der Waals surface area contributed by atoms with Crippen LogP contribution in [-0.4, -0.2) is 32.6 Å². The molecule has 0 unspecified atom stereocenters. The van der Waals surface area contributed by atoms with Crippen molar-refractivity contribution in [1.29, 1.82) is 0 Å². The van der Waals surface area contributed by atoms with Gasteiger partial charge in [-0.25, -0.2) is 0 Å². The smallest absolute Gasteiger partial charge is 0.251 e. The minimum absolute atomic E-state index is 0.0125. The first-order valence-corrected chi connectivity index (χ1v) is 11.1. The maximum Gasteiger partial charge on any atom is 0.251 e. The molecule has 4 nitrogen and oxygen atoms in total. The van der Waals surface area contributed by atoms with Crippen molar-refractivity contribution < 1.29 is 4.79 Å². The summed E-state index contributed by atoms with van der Waals surface area (Å²) in [7, 11) is 2.09. The van der Waals surface area contributed by atoms with Crippen molar-refractivity contribution in [2.75, 3.05) is 31.6 Å². The Morgan fingerprint density at radius 2 is 1.48 bits per heavy atom. The van der Waals surface area contributed by atoms with Crippen LogP contribution in [0.5, 0.6) is 0 Å². The highest BCUT2D eigenvalue weighted by Crippen LogP contribution is 2.11. The molecule has 0 atom stereocenters. The van der Waals surface area contributed by atoms with E-state index in [1.807, 2.05) is 36.4 Å². The van der Waals surface area contributed by atoms with Crippen molar-refractivity contribution in [1.82, 2.24) is 10.6 Å². The molecule has 2 N–H and O–H groups in total. The molecule has 0 aromatic heterocycles. The lowest BCUT2D eigenvalue weighted by Crippen LogP contribution is -2.30. The van der Waals surface area contributed by atoms with Gasteiger partial charge in [-0.15, -0.1) is 0 Å². The molecule has 0 bridgehead atoms. The van der Waals surface area contributed by atoms with Crippen molar-refractivity contribution in [2.45, 2.75) is 25.8 Å². The minimum atomic E-state index is 0.0125. The van der Waals surface area contributed by atoms with Crippen molar-refractivity contribution in [2.24, 2.45) is 0 Å². The molecule has 31 heavy (non-hydrogen) atoms. The van der Waals surface area contributed by atoms with Crippen LogP contribution in [-0.2, 0) is 13.0 Å². The second-order valence-electron chi connectivity index (χ2n) is 7.79. The quantitative estimate of drug-likeness (QED) is 0.423. The van der Waals surface area contributed by atoms with Gasteiger partial charge in [0, 0.05) is 44.5 Å². The highest BCUT2D eigenvalue weighted by Gasteiger charge is 2.10. The predicted molar refractivity (Wildman–Crippen MR) is 130 cm³/mol. The van der Waals surface area contributed by atoms with E-state index in [1.165, 1.54) is 11.3 Å². The number of nitrogens with one attached hydrogen (secondary N) is 2. The summed E-state index contributed by atoms with van der Waals surface area (Å²) in [4.78, 5) is 14.9. The van der Waals surface area contributed by atoms with E-state index in [2.05, 4.69) is 71.1 Å². The monoisotopic (exact) mass is 415 g/mol. The Morgan fingerprint density at radius 3 is 2.26 bits per heavy atom. The van der Waals surface area contributed by atoms with Gasteiger partial charge in [-0.05, 0) is 48.6 Å². The number of benzene rings is 3. The lowest BCUT2D eigenvalue weighted by atomic mass is 10.1. The van der Waals surface area contributed by atoms with Gasteiger partial charge < -0.3 is 15.5 Å². The van der Waals surface area contributed by atoms with E-state index in [9.17, 15) is 4.79 Å². The second kappa shape index (κ2) is 12.6. The fraction of sp³-hybridized carbons (Fsp3) is 0.296. The summed E-state index contributed by atoms with van der Waals surface area (Å²) < 4.78 is 0. The summed E-state index contributed by atoms with van der Waals surface area (Å²) in [5.41, 5.74) is 4.35. The van der Waals surface area contributed by atoms with Crippen LogP contribution in [0.15, 0.2) is 84.9 Å². The molecule has 3 aromatic rings. The van der Waals surface area contributed by atoms with Crippen LogP contribution in [0, 0.1) is 0 Å². The number of carbonyl (C=O) groups is 1. The number of likely N-dealkylation sites (N-methyl/N-ethyl adjacent to an activating group) is 1. The first-order valence-electron chi connectivity index (χ1n) is 11.1. The molecule has 0 saturated carbocycles. The third-order valence-electron chi connectivity index (χ3n) is 5.42. The average molecular weight is 416 g/mol. The third kappa shape index (κ3) is 7.58. The SMILES string of the molecule is CN(CCNCc1ccccc1C(=O)NCCCCc1ccccc1)c1ccccc1. The van der Waals surface area contributed by atoms with E-state index >= 15 is 0 Å². The van der Waals surface area contributed by atoms with Crippen LogP contribution in [0.25, 0.3) is 0 Å². The summed E-state index contributed by atoms with van der Waals surface area (Å²) in [6.07, 6.45) is 3.10. The number of hydrogen-bond donors (Lipinski definition) is 2. The number of carbonyl (C=O) groups excluding carboxylic acids is 1. The molecule has 0 fully saturated rings. The molecule has 0 aliphatic carbocycles. The van der Waals surface area contributed by atoms with Crippen LogP contribution in [0.3, 0.4) is 0 Å². The highest BCUT2D eigenvalue weighted by atomic mass is 16.1. The molecule has 0 heterocycles. The lowest BCUT2D eigenvalue weighted by molar-refractivity contribution is 0.0952. The van der Waals surface area contributed by atoms with Gasteiger partial charge in [-0.2, -0.15) is 0 Å². The Balaban J connectivity index is 1.39. The minimum Gasteiger partial charge on any atom is -0.373 e. The second-order valence-corrected chi connectivity index (χ2v) is 7.79. The zero-order valence-corrected chi connectivity index (χ0v) is 18.4. The van der Waals surface area contributed by atoms with Gasteiger partial charge >= 0.3 is 0 Å². The third-order valence-corrected chi connectivity index (χ3v) is 5.42. The number of rotatable bonds is 12. The number of nitrogens with zero attached hydrogens (tertiary/aromatic N) is 1. The Bertz CT molecular complexity index is 912. The van der Waals surface area contributed by atoms with Crippen LogP contribution in [0.2, 0.25) is 0 Å². The summed E-state index contributed by atoms with van der Waals surface area (Å²) in [6, 6.07) is 28.7. The average Bonchev–Trinajstić information content (AvgIpc) is 2.83. The summed E-state index contributed by atoms with van der Waals surface area (Å²) in [6.45, 7) is 3.14. The number of amides is 1. The van der Waals surface area contributed by atoms with E-state index in [-0.39, 0.29) is 5.91 Å². The van der Waals surface area contributed by atoms with E-state index in [4.69, 9.17) is 0 Å². The Kier molecular flexibility index (Phi) is 9.14. The molecule has 0 aliphatic rings. The van der Waals surface area contributed by atoms with Gasteiger partial charge in [0.25, 0.3) is 5.91 Å². The maximum absolute atomic E-state index is 12.7. The Hall–Kier alpha value is -3.11. The molecule has 0 aliphatic heterocycles. The molecule has 0 spiro atoms. The van der Waals surface area contributed by atoms with Gasteiger partial charge in [-0.3, -0.25) is 4.79 Å². The molecule has 1 amide bonds. The predicted octanol–water partition coefficient (Wildman–Crippen LogP) is 4.67. The van der Waals surface area contributed by atoms with Crippen LogP contribution in [0.1, 0.15) is 34.3 Å². The van der Waals surface area contributed by atoms with E-state index < -0.39 is 0 Å². The van der Waals surface area contributed by atoms with Crippen LogP contribution in [0.4, 0.5) is 5.69 Å².